The van der Waals surface area contributed by atoms with Crippen molar-refractivity contribution < 1.29 is 45.6 Å². The Balaban J connectivity index is 2.80. The molecule has 9 heteroatoms. The number of hydrogen-bond acceptors (Lipinski definition) is 9. The topological polar surface area (TPSA) is 171 Å². The van der Waals surface area contributed by atoms with E-state index >= 15 is 0 Å². The van der Waals surface area contributed by atoms with Gasteiger partial charge in [-0.2, -0.15) is 0 Å². The van der Waals surface area contributed by atoms with Crippen molar-refractivity contribution in [3.05, 3.63) is 0 Å². The fourth-order valence-corrected chi connectivity index (χ4v) is 1.74. The van der Waals surface area contributed by atoms with Gasteiger partial charge in [0.25, 0.3) is 0 Å². The minimum absolute atomic E-state index is 0.839. The number of hydrogen-bond donors (Lipinski definition) is 8. The third-order valence-corrected chi connectivity index (χ3v) is 3.06. The zero-order valence-electron chi connectivity index (χ0n) is 9.36. The summed E-state index contributed by atoms with van der Waals surface area (Å²) in [7, 11) is 0. The van der Waals surface area contributed by atoms with Crippen molar-refractivity contribution in [1.29, 1.82) is 0 Å². The van der Waals surface area contributed by atoms with Crippen molar-refractivity contribution in [2.75, 3.05) is 13.2 Å². The molecule has 0 amide bonds. The molecular weight excluding hydrogens is 252 g/mol. The molecule has 0 aromatic heterocycles. The molecule has 1 aliphatic heterocycles. The van der Waals surface area contributed by atoms with Crippen LogP contribution in [-0.4, -0.2) is 96.5 Å². The molecular formula is C9H18O9. The van der Waals surface area contributed by atoms with Crippen LogP contribution in [0.5, 0.6) is 0 Å². The molecule has 9 nitrogen and oxygen atoms in total. The van der Waals surface area contributed by atoms with Crippen LogP contribution in [0.1, 0.15) is 0 Å². The molecule has 0 aromatic carbocycles. The zero-order valence-corrected chi connectivity index (χ0v) is 9.36. The van der Waals surface area contributed by atoms with Gasteiger partial charge in [-0.25, -0.2) is 0 Å². The molecule has 1 fully saturated rings. The summed E-state index contributed by atoms with van der Waals surface area (Å²) < 4.78 is 4.65. The molecule has 0 unspecified atom stereocenters. The lowest BCUT2D eigenvalue weighted by atomic mass is 9.91. The van der Waals surface area contributed by atoms with Gasteiger partial charge in [-0.05, 0) is 0 Å². The summed E-state index contributed by atoms with van der Waals surface area (Å²) in [4.78, 5) is 0. The fourth-order valence-electron chi connectivity index (χ4n) is 1.74. The maximum atomic E-state index is 9.65. The molecule has 8 N–H and O–H groups in total. The van der Waals surface area contributed by atoms with Crippen LogP contribution in [0.3, 0.4) is 0 Å². The predicted octanol–water partition coefficient (Wildman–Crippen LogP) is -5.14. The van der Waals surface area contributed by atoms with E-state index in [9.17, 15) is 25.5 Å². The molecule has 1 rings (SSSR count). The molecule has 0 bridgehead atoms. The molecule has 7 atom stereocenters. The van der Waals surface area contributed by atoms with Gasteiger partial charge in [0.15, 0.2) is 11.9 Å². The maximum absolute atomic E-state index is 9.65. The van der Waals surface area contributed by atoms with E-state index in [1.807, 2.05) is 0 Å². The highest BCUT2D eigenvalue weighted by atomic mass is 16.7. The summed E-state index contributed by atoms with van der Waals surface area (Å²) in [6.07, 6.45) is -10.9. The molecule has 1 saturated heterocycles. The first-order valence-corrected chi connectivity index (χ1v) is 5.29. The summed E-state index contributed by atoms with van der Waals surface area (Å²) in [5.41, 5.74) is -2.39. The van der Waals surface area contributed by atoms with Gasteiger partial charge in [-0.15, -0.1) is 0 Å². The fraction of sp³-hybridized carbons (Fsp3) is 1.00. The van der Waals surface area contributed by atoms with Gasteiger partial charge in [0, 0.05) is 0 Å². The quantitative estimate of drug-likeness (QED) is 0.243. The lowest BCUT2D eigenvalue weighted by molar-refractivity contribution is -0.199. The first-order valence-electron chi connectivity index (χ1n) is 5.29. The highest BCUT2D eigenvalue weighted by molar-refractivity contribution is 5.03. The monoisotopic (exact) mass is 270 g/mol. The Kier molecular flexibility index (Phi) is 5.00. The Morgan fingerprint density at radius 3 is 2.06 bits per heavy atom. The normalized spacial score (nSPS) is 41.7. The Bertz CT molecular complexity index is 275. The Morgan fingerprint density at radius 1 is 1.11 bits per heavy atom. The van der Waals surface area contributed by atoms with Crippen molar-refractivity contribution in [3.63, 3.8) is 0 Å². The van der Waals surface area contributed by atoms with Crippen molar-refractivity contribution in [2.45, 2.75) is 42.4 Å². The number of aliphatic hydroxyl groups excluding tert-OH is 7. The van der Waals surface area contributed by atoms with Gasteiger partial charge in [-0.3, -0.25) is 0 Å². The Hall–Kier alpha value is -0.360. The van der Waals surface area contributed by atoms with Crippen molar-refractivity contribution in [1.82, 2.24) is 0 Å². The second kappa shape index (κ2) is 5.74. The molecule has 108 valence electrons. The SMILES string of the molecule is OC[C@@H](O)[C@@H](O)[C@H](O)[C@@H]1O[C@@H](O)[C@@](O)(CO)[C@@H]1O. The second-order valence-electron chi connectivity index (χ2n) is 4.28. The van der Waals surface area contributed by atoms with Gasteiger partial charge in [0.05, 0.1) is 13.2 Å². The summed E-state index contributed by atoms with van der Waals surface area (Å²) >= 11 is 0. The van der Waals surface area contributed by atoms with Gasteiger partial charge >= 0.3 is 0 Å². The number of ether oxygens (including phenoxy) is 1. The molecule has 0 aromatic rings. The standard InChI is InChI=1S/C9H18O9/c10-1-3(12)4(13)5(14)6-7(15)9(17,2-11)8(16)18-6/h3-8,10-17H,1-2H2/t3-,4-,5+,6+,7-,8-,9-/m1/s1. The van der Waals surface area contributed by atoms with E-state index in [1.54, 1.807) is 0 Å². The Labute approximate surface area is 102 Å². The average Bonchev–Trinajstić information content (AvgIpc) is 2.61. The van der Waals surface area contributed by atoms with Crippen molar-refractivity contribution in [3.8, 4) is 0 Å². The van der Waals surface area contributed by atoms with Crippen LogP contribution in [0.2, 0.25) is 0 Å². The van der Waals surface area contributed by atoms with Gasteiger partial charge < -0.3 is 45.6 Å². The summed E-state index contributed by atoms with van der Waals surface area (Å²) in [5, 5.41) is 74.3. The van der Waals surface area contributed by atoms with Crippen LogP contribution in [0.4, 0.5) is 0 Å². The summed E-state index contributed by atoms with van der Waals surface area (Å²) in [6, 6.07) is 0. The van der Waals surface area contributed by atoms with Gasteiger partial charge in [-0.1, -0.05) is 0 Å². The Morgan fingerprint density at radius 2 is 1.67 bits per heavy atom. The first-order chi connectivity index (χ1) is 8.29. The minimum atomic E-state index is -2.39. The minimum Gasteiger partial charge on any atom is -0.394 e. The zero-order chi connectivity index (χ0) is 14.1. The third-order valence-electron chi connectivity index (χ3n) is 3.06. The molecule has 0 spiro atoms. The van der Waals surface area contributed by atoms with Crippen LogP contribution in [0, 0.1) is 0 Å². The number of aliphatic hydroxyl groups is 8. The second-order valence-corrected chi connectivity index (χ2v) is 4.28. The smallest absolute Gasteiger partial charge is 0.189 e. The van der Waals surface area contributed by atoms with E-state index in [-0.39, 0.29) is 0 Å². The van der Waals surface area contributed by atoms with E-state index in [0.29, 0.717) is 0 Å². The predicted molar refractivity (Wildman–Crippen MR) is 54.0 cm³/mol. The first kappa shape index (κ1) is 15.7. The van der Waals surface area contributed by atoms with Crippen LogP contribution in [0.25, 0.3) is 0 Å². The molecule has 0 saturated carbocycles. The van der Waals surface area contributed by atoms with Gasteiger partial charge in [0.2, 0.25) is 0 Å². The van der Waals surface area contributed by atoms with E-state index in [0.717, 1.165) is 0 Å². The maximum Gasteiger partial charge on any atom is 0.189 e. The summed E-state index contributed by atoms with van der Waals surface area (Å²) in [6.45, 7) is -1.87. The lowest BCUT2D eigenvalue weighted by Crippen LogP contribution is -2.55. The van der Waals surface area contributed by atoms with Crippen LogP contribution >= 0.6 is 0 Å². The third kappa shape index (κ3) is 2.50. The van der Waals surface area contributed by atoms with Crippen LogP contribution in [0.15, 0.2) is 0 Å². The molecule has 0 radical (unpaired) electrons. The van der Waals surface area contributed by atoms with Gasteiger partial charge in [0.1, 0.15) is 30.5 Å². The largest absolute Gasteiger partial charge is 0.394 e. The molecule has 1 aliphatic rings. The van der Waals surface area contributed by atoms with E-state index < -0.39 is 55.6 Å². The average molecular weight is 270 g/mol. The molecule has 1 heterocycles. The van der Waals surface area contributed by atoms with Crippen molar-refractivity contribution >= 4 is 0 Å². The molecule has 0 aliphatic carbocycles. The van der Waals surface area contributed by atoms with E-state index in [4.69, 9.17) is 15.3 Å². The van der Waals surface area contributed by atoms with Crippen LogP contribution < -0.4 is 0 Å². The highest BCUT2D eigenvalue weighted by Gasteiger charge is 2.57. The lowest BCUT2D eigenvalue weighted by Gasteiger charge is -2.29. The highest BCUT2D eigenvalue weighted by Crippen LogP contribution is 2.32. The van der Waals surface area contributed by atoms with E-state index in [2.05, 4.69) is 4.74 Å². The summed E-state index contributed by atoms with van der Waals surface area (Å²) in [5.74, 6) is 0. The number of rotatable bonds is 5. The van der Waals surface area contributed by atoms with E-state index in [1.165, 1.54) is 0 Å². The molecule has 18 heavy (non-hydrogen) atoms. The van der Waals surface area contributed by atoms with Crippen LogP contribution in [-0.2, 0) is 4.74 Å². The van der Waals surface area contributed by atoms with Crippen molar-refractivity contribution in [2.24, 2.45) is 0 Å².